The average molecular weight is 178 g/mol. The average Bonchev–Trinajstić information content (AvgIpc) is 2.17. The van der Waals surface area contributed by atoms with Gasteiger partial charge in [0.25, 0.3) is 0 Å². The maximum Gasteiger partial charge on any atom is 0.150 e. The molecule has 0 aliphatic rings. The van der Waals surface area contributed by atoms with Crippen LogP contribution in [0.3, 0.4) is 0 Å². The van der Waals surface area contributed by atoms with Gasteiger partial charge in [-0.05, 0) is 18.2 Å². The van der Waals surface area contributed by atoms with E-state index in [0.29, 0.717) is 11.8 Å². The molecule has 1 N–H and O–H groups in total. The lowest BCUT2D eigenvalue weighted by molar-refractivity contribution is 0.112. The van der Waals surface area contributed by atoms with Crippen LogP contribution >= 0.6 is 0 Å². The van der Waals surface area contributed by atoms with Crippen LogP contribution in [0, 0.1) is 17.7 Å². The molecule has 1 rings (SSSR count). The Morgan fingerprint density at radius 1 is 1.54 bits per heavy atom. The number of hydrogen-bond donors (Lipinski definition) is 1. The Kier molecular flexibility index (Phi) is 3.18. The lowest BCUT2D eigenvalue weighted by Crippen LogP contribution is -1.87. The molecule has 0 fully saturated rings. The summed E-state index contributed by atoms with van der Waals surface area (Å²) in [4.78, 5) is 10.3. The molecule has 0 aliphatic heterocycles. The van der Waals surface area contributed by atoms with Crippen molar-refractivity contribution in [2.75, 3.05) is 6.61 Å². The number of aliphatic hydroxyl groups is 1. The van der Waals surface area contributed by atoms with E-state index in [9.17, 15) is 9.18 Å². The van der Waals surface area contributed by atoms with Crippen molar-refractivity contribution in [2.45, 2.75) is 0 Å². The molecule has 1 aromatic carbocycles. The van der Waals surface area contributed by atoms with E-state index in [1.807, 2.05) is 0 Å². The molecule has 0 radical (unpaired) electrons. The van der Waals surface area contributed by atoms with E-state index >= 15 is 0 Å². The zero-order valence-electron chi connectivity index (χ0n) is 6.75. The summed E-state index contributed by atoms with van der Waals surface area (Å²) in [6.07, 6.45) is 0.615. The third-order valence-corrected chi connectivity index (χ3v) is 1.43. The summed E-state index contributed by atoms with van der Waals surface area (Å²) in [6, 6.07) is 3.88. The molecular weight excluding hydrogens is 171 g/mol. The predicted molar refractivity (Wildman–Crippen MR) is 45.8 cm³/mol. The number of rotatable bonds is 1. The molecule has 0 aliphatic carbocycles. The lowest BCUT2D eigenvalue weighted by atomic mass is 10.1. The van der Waals surface area contributed by atoms with Crippen molar-refractivity contribution in [3.8, 4) is 11.8 Å². The van der Waals surface area contributed by atoms with E-state index in [0.717, 1.165) is 0 Å². The second kappa shape index (κ2) is 4.39. The van der Waals surface area contributed by atoms with Gasteiger partial charge in [-0.15, -0.1) is 0 Å². The number of carbonyl (C=O) groups is 1. The van der Waals surface area contributed by atoms with E-state index in [-0.39, 0.29) is 12.2 Å². The fourth-order valence-electron chi connectivity index (χ4n) is 0.847. The molecule has 0 amide bonds. The van der Waals surface area contributed by atoms with Crippen LogP contribution in [0.1, 0.15) is 15.9 Å². The minimum absolute atomic E-state index is 0.124. The third-order valence-electron chi connectivity index (χ3n) is 1.43. The quantitative estimate of drug-likeness (QED) is 0.514. The van der Waals surface area contributed by atoms with Crippen molar-refractivity contribution in [3.05, 3.63) is 35.1 Å². The van der Waals surface area contributed by atoms with Crippen LogP contribution in [0.4, 0.5) is 4.39 Å². The standard InChI is InChI=1S/C10H7FO2/c11-10-4-3-8(7-13)6-9(10)2-1-5-12/h3-4,6-7,12H,5H2. The largest absolute Gasteiger partial charge is 0.384 e. The third kappa shape index (κ3) is 2.39. The summed E-state index contributed by atoms with van der Waals surface area (Å²) in [5.41, 5.74) is 0.488. The molecule has 13 heavy (non-hydrogen) atoms. The molecule has 0 atom stereocenters. The highest BCUT2D eigenvalue weighted by molar-refractivity contribution is 5.75. The Morgan fingerprint density at radius 3 is 2.92 bits per heavy atom. The lowest BCUT2D eigenvalue weighted by Gasteiger charge is -1.94. The Labute approximate surface area is 75.0 Å². The summed E-state index contributed by atoms with van der Waals surface area (Å²) in [5.74, 6) is 4.22. The zero-order valence-corrected chi connectivity index (χ0v) is 6.75. The van der Waals surface area contributed by atoms with E-state index in [4.69, 9.17) is 5.11 Å². The molecule has 3 heteroatoms. The molecule has 0 heterocycles. The number of benzene rings is 1. The minimum atomic E-state index is -0.494. The fourth-order valence-corrected chi connectivity index (χ4v) is 0.847. The molecule has 1 aromatic rings. The molecule has 0 aromatic heterocycles. The van der Waals surface area contributed by atoms with Gasteiger partial charge in [-0.2, -0.15) is 0 Å². The van der Waals surface area contributed by atoms with Crippen LogP contribution in [-0.2, 0) is 0 Å². The van der Waals surface area contributed by atoms with Crippen LogP contribution in [0.15, 0.2) is 18.2 Å². The van der Waals surface area contributed by atoms with Gasteiger partial charge in [0.05, 0.1) is 5.56 Å². The van der Waals surface area contributed by atoms with E-state index in [1.54, 1.807) is 0 Å². The van der Waals surface area contributed by atoms with Crippen molar-refractivity contribution in [1.29, 1.82) is 0 Å². The molecule has 0 unspecified atom stereocenters. The zero-order chi connectivity index (χ0) is 9.68. The molecule has 0 saturated carbocycles. The summed E-state index contributed by atoms with van der Waals surface area (Å²) < 4.78 is 12.9. The normalized spacial score (nSPS) is 8.77. The number of halogens is 1. The van der Waals surface area contributed by atoms with Gasteiger partial charge in [-0.25, -0.2) is 4.39 Å². The van der Waals surface area contributed by atoms with Gasteiger partial charge in [0.1, 0.15) is 18.7 Å². The first kappa shape index (κ1) is 9.43. The van der Waals surface area contributed by atoms with Gasteiger partial charge in [-0.1, -0.05) is 11.8 Å². The SMILES string of the molecule is O=Cc1ccc(F)c(C#CCO)c1. The highest BCUT2D eigenvalue weighted by Gasteiger charge is 1.99. The molecule has 2 nitrogen and oxygen atoms in total. The van der Waals surface area contributed by atoms with Gasteiger partial charge in [0.2, 0.25) is 0 Å². The predicted octanol–water partition coefficient (Wildman–Crippen LogP) is 0.982. The van der Waals surface area contributed by atoms with Crippen LogP contribution in [-0.4, -0.2) is 18.0 Å². The van der Waals surface area contributed by atoms with Crippen molar-refractivity contribution in [2.24, 2.45) is 0 Å². The second-order valence-electron chi connectivity index (χ2n) is 2.32. The summed E-state index contributed by atoms with van der Waals surface area (Å²) in [5, 5.41) is 8.38. The Hall–Kier alpha value is -1.66. The van der Waals surface area contributed by atoms with Crippen LogP contribution < -0.4 is 0 Å². The number of carbonyl (C=O) groups excluding carboxylic acids is 1. The Morgan fingerprint density at radius 2 is 2.31 bits per heavy atom. The fraction of sp³-hybridized carbons (Fsp3) is 0.100. The summed E-state index contributed by atoms with van der Waals surface area (Å²) in [7, 11) is 0. The van der Waals surface area contributed by atoms with E-state index < -0.39 is 5.82 Å². The van der Waals surface area contributed by atoms with Gasteiger partial charge in [0.15, 0.2) is 0 Å². The molecule has 0 saturated heterocycles. The van der Waals surface area contributed by atoms with E-state index in [2.05, 4.69) is 11.8 Å². The summed E-state index contributed by atoms with van der Waals surface area (Å²) in [6.45, 7) is -0.329. The molecule has 0 spiro atoms. The van der Waals surface area contributed by atoms with Gasteiger partial charge < -0.3 is 5.11 Å². The van der Waals surface area contributed by atoms with Crippen LogP contribution in [0.5, 0.6) is 0 Å². The maximum absolute atomic E-state index is 12.9. The van der Waals surface area contributed by atoms with Gasteiger partial charge in [0, 0.05) is 5.56 Å². The minimum Gasteiger partial charge on any atom is -0.384 e. The van der Waals surface area contributed by atoms with E-state index in [1.165, 1.54) is 18.2 Å². The molecule has 66 valence electrons. The number of hydrogen-bond acceptors (Lipinski definition) is 2. The van der Waals surface area contributed by atoms with Crippen molar-refractivity contribution in [1.82, 2.24) is 0 Å². The highest BCUT2D eigenvalue weighted by Crippen LogP contribution is 2.07. The topological polar surface area (TPSA) is 37.3 Å². The van der Waals surface area contributed by atoms with Crippen LogP contribution in [0.25, 0.3) is 0 Å². The van der Waals surface area contributed by atoms with Gasteiger partial charge in [-0.3, -0.25) is 4.79 Å². The highest BCUT2D eigenvalue weighted by atomic mass is 19.1. The summed E-state index contributed by atoms with van der Waals surface area (Å²) >= 11 is 0. The first-order valence-corrected chi connectivity index (χ1v) is 3.62. The van der Waals surface area contributed by atoms with Crippen molar-refractivity contribution >= 4 is 6.29 Å². The Bertz CT molecular complexity index is 374. The smallest absolute Gasteiger partial charge is 0.150 e. The molecular formula is C10H7FO2. The number of aldehydes is 1. The Balaban J connectivity index is 3.11. The molecule has 0 bridgehead atoms. The van der Waals surface area contributed by atoms with Crippen molar-refractivity contribution < 1.29 is 14.3 Å². The first-order valence-electron chi connectivity index (χ1n) is 3.62. The van der Waals surface area contributed by atoms with Crippen molar-refractivity contribution in [3.63, 3.8) is 0 Å². The monoisotopic (exact) mass is 178 g/mol. The number of aliphatic hydroxyl groups excluding tert-OH is 1. The maximum atomic E-state index is 12.9. The van der Waals surface area contributed by atoms with Gasteiger partial charge >= 0.3 is 0 Å². The second-order valence-corrected chi connectivity index (χ2v) is 2.32. The first-order chi connectivity index (χ1) is 6.27. The van der Waals surface area contributed by atoms with Crippen LogP contribution in [0.2, 0.25) is 0 Å².